The van der Waals surface area contributed by atoms with Gasteiger partial charge in [-0.1, -0.05) is 104 Å². The van der Waals surface area contributed by atoms with Gasteiger partial charge in [0.2, 0.25) is 0 Å². The zero-order chi connectivity index (χ0) is 27.1. The van der Waals surface area contributed by atoms with Crippen molar-refractivity contribution >= 4 is 60.5 Å². The standard InChI is InChI=1S/C39H28N2/c1-25-20-21-29-27(22-25)12-9-19-35(29)41-37-17-7-5-15-31(37)33-23-38-32(24-39(33)41)30-14-4-6-16-36(30)40(38)34-18-8-11-26-10-2-3-13-28(26)34/h2-21,23-25H,22H2,1H3. The Kier molecular flexibility index (Phi) is 4.68. The van der Waals surface area contributed by atoms with Crippen LogP contribution in [0, 0.1) is 5.92 Å². The molecule has 0 N–H and O–H groups in total. The second-order valence-electron chi connectivity index (χ2n) is 11.5. The van der Waals surface area contributed by atoms with Crippen molar-refractivity contribution in [3.8, 4) is 11.4 Å². The van der Waals surface area contributed by atoms with Crippen molar-refractivity contribution in [3.05, 3.63) is 139 Å². The highest BCUT2D eigenvalue weighted by atomic mass is 15.0. The molecule has 0 fully saturated rings. The minimum Gasteiger partial charge on any atom is -0.309 e. The molecule has 1 aliphatic carbocycles. The minimum absolute atomic E-state index is 0.565. The van der Waals surface area contributed by atoms with Gasteiger partial charge in [0.15, 0.2) is 0 Å². The number of hydrogen-bond donors (Lipinski definition) is 0. The Labute approximate surface area is 238 Å². The summed E-state index contributed by atoms with van der Waals surface area (Å²) in [5.74, 6) is 0.565. The number of fused-ring (bicyclic) bond motifs is 8. The van der Waals surface area contributed by atoms with E-state index in [1.807, 2.05) is 0 Å². The van der Waals surface area contributed by atoms with Gasteiger partial charge < -0.3 is 9.13 Å². The smallest absolute Gasteiger partial charge is 0.0549 e. The molecule has 0 saturated carbocycles. The van der Waals surface area contributed by atoms with Gasteiger partial charge in [0.1, 0.15) is 0 Å². The Hall–Kier alpha value is -5.08. The van der Waals surface area contributed by atoms with Crippen molar-refractivity contribution in [2.45, 2.75) is 13.3 Å². The SMILES string of the molecule is CC1C=Cc2c(cccc2-n2c3ccccc3c3cc4c(cc32)c2ccccc2n4-c2cccc3ccccc23)C1. The van der Waals surface area contributed by atoms with Gasteiger partial charge in [0.05, 0.1) is 33.4 Å². The highest BCUT2D eigenvalue weighted by Gasteiger charge is 2.21. The van der Waals surface area contributed by atoms with E-state index in [-0.39, 0.29) is 0 Å². The van der Waals surface area contributed by atoms with Crippen LogP contribution in [-0.4, -0.2) is 9.13 Å². The molecule has 0 spiro atoms. The van der Waals surface area contributed by atoms with Crippen LogP contribution in [0.4, 0.5) is 0 Å². The second kappa shape index (κ2) is 8.46. The molecule has 8 aromatic rings. The first-order valence-corrected chi connectivity index (χ1v) is 14.5. The summed E-state index contributed by atoms with van der Waals surface area (Å²) >= 11 is 0. The van der Waals surface area contributed by atoms with Crippen molar-refractivity contribution < 1.29 is 0 Å². The highest BCUT2D eigenvalue weighted by molar-refractivity contribution is 6.19. The first kappa shape index (κ1) is 22.7. The highest BCUT2D eigenvalue weighted by Crippen LogP contribution is 2.41. The van der Waals surface area contributed by atoms with Crippen LogP contribution >= 0.6 is 0 Å². The zero-order valence-corrected chi connectivity index (χ0v) is 22.9. The fraction of sp³-hybridized carbons (Fsp3) is 0.0769. The van der Waals surface area contributed by atoms with E-state index in [9.17, 15) is 0 Å². The van der Waals surface area contributed by atoms with E-state index in [1.54, 1.807) is 0 Å². The Bertz CT molecular complexity index is 2360. The van der Waals surface area contributed by atoms with Gasteiger partial charge in [-0.2, -0.15) is 0 Å². The molecular weight excluding hydrogens is 496 g/mol. The van der Waals surface area contributed by atoms with Crippen molar-refractivity contribution in [2.24, 2.45) is 5.92 Å². The van der Waals surface area contributed by atoms with Crippen LogP contribution in [0.15, 0.2) is 127 Å². The van der Waals surface area contributed by atoms with Gasteiger partial charge in [-0.15, -0.1) is 0 Å². The van der Waals surface area contributed by atoms with Crippen LogP contribution in [0.5, 0.6) is 0 Å². The Balaban J connectivity index is 1.44. The molecule has 1 unspecified atom stereocenters. The van der Waals surface area contributed by atoms with Gasteiger partial charge in [0, 0.05) is 32.5 Å². The minimum atomic E-state index is 0.565. The first-order chi connectivity index (χ1) is 20.3. The average molecular weight is 525 g/mol. The van der Waals surface area contributed by atoms with Crippen LogP contribution in [0.2, 0.25) is 0 Å². The average Bonchev–Trinajstić information content (AvgIpc) is 3.51. The monoisotopic (exact) mass is 524 g/mol. The number of rotatable bonds is 2. The largest absolute Gasteiger partial charge is 0.309 e. The maximum absolute atomic E-state index is 2.49. The molecule has 0 saturated heterocycles. The van der Waals surface area contributed by atoms with Crippen LogP contribution in [-0.2, 0) is 6.42 Å². The van der Waals surface area contributed by atoms with E-state index in [2.05, 4.69) is 150 Å². The van der Waals surface area contributed by atoms with E-state index in [1.165, 1.54) is 76.9 Å². The van der Waals surface area contributed by atoms with Gasteiger partial charge in [-0.3, -0.25) is 0 Å². The van der Waals surface area contributed by atoms with Crippen LogP contribution in [0.1, 0.15) is 18.1 Å². The maximum Gasteiger partial charge on any atom is 0.0549 e. The maximum atomic E-state index is 2.49. The number of aromatic nitrogens is 2. The lowest BCUT2D eigenvalue weighted by Gasteiger charge is -2.20. The van der Waals surface area contributed by atoms with Gasteiger partial charge in [-0.05, 0) is 59.7 Å². The zero-order valence-electron chi connectivity index (χ0n) is 22.9. The summed E-state index contributed by atoms with van der Waals surface area (Å²) in [5, 5.41) is 7.63. The molecule has 9 rings (SSSR count). The predicted octanol–water partition coefficient (Wildman–Crippen LogP) is 10.2. The molecule has 2 heterocycles. The molecule has 2 aromatic heterocycles. The summed E-state index contributed by atoms with van der Waals surface area (Å²) in [6.45, 7) is 2.30. The lowest BCUT2D eigenvalue weighted by Crippen LogP contribution is -2.07. The normalized spacial score (nSPS) is 15.0. The van der Waals surface area contributed by atoms with Crippen LogP contribution in [0.25, 0.3) is 71.8 Å². The Morgan fingerprint density at radius 2 is 1.07 bits per heavy atom. The van der Waals surface area contributed by atoms with Crippen molar-refractivity contribution in [1.29, 1.82) is 0 Å². The molecule has 41 heavy (non-hydrogen) atoms. The molecule has 1 atom stereocenters. The summed E-state index contributed by atoms with van der Waals surface area (Å²) < 4.78 is 4.96. The third-order valence-corrected chi connectivity index (χ3v) is 9.02. The molecule has 0 aliphatic heterocycles. The van der Waals surface area contributed by atoms with Gasteiger partial charge in [-0.25, -0.2) is 0 Å². The van der Waals surface area contributed by atoms with Gasteiger partial charge >= 0.3 is 0 Å². The quantitative estimate of drug-likeness (QED) is 0.213. The molecule has 194 valence electrons. The van der Waals surface area contributed by atoms with Crippen LogP contribution in [0.3, 0.4) is 0 Å². The van der Waals surface area contributed by atoms with E-state index in [0.717, 1.165) is 6.42 Å². The number of allylic oxidation sites excluding steroid dienone is 1. The summed E-state index contributed by atoms with van der Waals surface area (Å²) in [4.78, 5) is 0. The van der Waals surface area contributed by atoms with Gasteiger partial charge in [0.25, 0.3) is 0 Å². The molecule has 2 nitrogen and oxygen atoms in total. The van der Waals surface area contributed by atoms with E-state index in [4.69, 9.17) is 0 Å². The van der Waals surface area contributed by atoms with E-state index in [0.29, 0.717) is 5.92 Å². The molecule has 0 bridgehead atoms. The van der Waals surface area contributed by atoms with Crippen LogP contribution < -0.4 is 0 Å². The summed E-state index contributed by atoms with van der Waals surface area (Å²) in [7, 11) is 0. The van der Waals surface area contributed by atoms with Crippen molar-refractivity contribution in [1.82, 2.24) is 9.13 Å². The fourth-order valence-electron chi connectivity index (χ4n) is 7.19. The predicted molar refractivity (Wildman–Crippen MR) is 175 cm³/mol. The molecule has 6 aromatic carbocycles. The molecule has 0 radical (unpaired) electrons. The molecule has 0 amide bonds. The van der Waals surface area contributed by atoms with E-state index >= 15 is 0 Å². The lowest BCUT2D eigenvalue weighted by molar-refractivity contribution is 0.716. The Morgan fingerprint density at radius 1 is 0.512 bits per heavy atom. The molecule has 1 aliphatic rings. The molecule has 2 heteroatoms. The second-order valence-corrected chi connectivity index (χ2v) is 11.5. The summed E-state index contributed by atoms with van der Waals surface area (Å²) in [5.41, 5.74) is 10.2. The number of benzene rings is 6. The summed E-state index contributed by atoms with van der Waals surface area (Å²) in [6, 6.07) is 44.7. The first-order valence-electron chi connectivity index (χ1n) is 14.5. The van der Waals surface area contributed by atoms with Crippen molar-refractivity contribution in [2.75, 3.05) is 0 Å². The lowest BCUT2D eigenvalue weighted by atomic mass is 9.90. The summed E-state index contributed by atoms with van der Waals surface area (Å²) in [6.07, 6.45) is 5.78. The number of para-hydroxylation sites is 2. The third kappa shape index (κ3) is 3.19. The van der Waals surface area contributed by atoms with E-state index < -0.39 is 0 Å². The Morgan fingerprint density at radius 3 is 1.80 bits per heavy atom. The number of nitrogens with zero attached hydrogens (tertiary/aromatic N) is 2. The van der Waals surface area contributed by atoms with Crippen molar-refractivity contribution in [3.63, 3.8) is 0 Å². The fourth-order valence-corrected chi connectivity index (χ4v) is 7.19. The molecular formula is C39H28N2. The number of hydrogen-bond acceptors (Lipinski definition) is 0. The topological polar surface area (TPSA) is 9.86 Å². The third-order valence-electron chi connectivity index (χ3n) is 9.02.